The summed E-state index contributed by atoms with van der Waals surface area (Å²) in [7, 11) is 1.48. The number of ether oxygens (including phenoxy) is 1. The molecule has 6 heteroatoms. The topological polar surface area (TPSA) is 63.6 Å². The van der Waals surface area contributed by atoms with Gasteiger partial charge >= 0.3 is 0 Å². The van der Waals surface area contributed by atoms with Crippen molar-refractivity contribution in [3.05, 3.63) is 76.9 Å². The first-order chi connectivity index (χ1) is 12.2. The average Bonchev–Trinajstić information content (AvgIpc) is 2.63. The van der Waals surface area contributed by atoms with Crippen LogP contribution in [0, 0.1) is 0 Å². The maximum absolute atomic E-state index is 12.3. The summed E-state index contributed by atoms with van der Waals surface area (Å²) in [4.78, 5) is 16.6. The summed E-state index contributed by atoms with van der Waals surface area (Å²) < 4.78 is 5.26. The van der Waals surface area contributed by atoms with Crippen LogP contribution >= 0.6 is 11.6 Å². The van der Waals surface area contributed by atoms with Gasteiger partial charge in [0, 0.05) is 18.1 Å². The van der Waals surface area contributed by atoms with Crippen molar-refractivity contribution in [3.8, 4) is 0 Å². The third-order valence-electron chi connectivity index (χ3n) is 3.66. The summed E-state index contributed by atoms with van der Waals surface area (Å²) in [5.74, 6) is -0.366. The van der Waals surface area contributed by atoms with E-state index < -0.39 is 6.10 Å². The van der Waals surface area contributed by atoms with E-state index in [4.69, 9.17) is 16.3 Å². The zero-order chi connectivity index (χ0) is 17.6. The fourth-order valence-electron chi connectivity index (χ4n) is 2.45. The largest absolute Gasteiger partial charge is 0.367 e. The van der Waals surface area contributed by atoms with Crippen LogP contribution in [-0.2, 0) is 9.53 Å². The van der Waals surface area contributed by atoms with E-state index in [1.807, 2.05) is 60.7 Å². The lowest BCUT2D eigenvalue weighted by Crippen LogP contribution is -2.26. The Morgan fingerprint density at radius 3 is 2.68 bits per heavy atom. The average molecular weight is 354 g/mol. The van der Waals surface area contributed by atoms with Crippen LogP contribution in [0.25, 0.3) is 10.9 Å². The first-order valence-electron chi connectivity index (χ1n) is 7.65. The van der Waals surface area contributed by atoms with Gasteiger partial charge in [-0.3, -0.25) is 4.79 Å². The van der Waals surface area contributed by atoms with E-state index in [1.165, 1.54) is 13.3 Å². The highest BCUT2D eigenvalue weighted by atomic mass is 35.5. The number of carbonyl (C=O) groups excluding carboxylic acids is 1. The Morgan fingerprint density at radius 2 is 1.92 bits per heavy atom. The summed E-state index contributed by atoms with van der Waals surface area (Å²) in [6.45, 7) is 0. The molecule has 1 amide bonds. The molecule has 0 aliphatic heterocycles. The molecule has 2 aromatic carbocycles. The minimum absolute atomic E-state index is 0.322. The van der Waals surface area contributed by atoms with Gasteiger partial charge in [-0.15, -0.1) is 0 Å². The van der Waals surface area contributed by atoms with E-state index >= 15 is 0 Å². The number of amides is 1. The SMILES string of the molecule is CO[C@H](C(=O)N/N=C\c1cc2ccccc2nc1Cl)c1ccccc1. The third kappa shape index (κ3) is 4.02. The lowest BCUT2D eigenvalue weighted by atomic mass is 10.1. The van der Waals surface area contributed by atoms with Crippen molar-refractivity contribution in [2.75, 3.05) is 7.11 Å². The number of para-hydroxylation sites is 1. The number of hydrazone groups is 1. The van der Waals surface area contributed by atoms with Gasteiger partial charge in [0.05, 0.1) is 11.7 Å². The standard InChI is InChI=1S/C19H16ClN3O2/c1-25-17(13-7-3-2-4-8-13)19(24)23-21-12-15-11-14-9-5-6-10-16(14)22-18(15)20/h2-12,17H,1H3,(H,23,24)/b21-12-/t17-/m0/s1. The fourth-order valence-corrected chi connectivity index (χ4v) is 2.64. The number of nitrogens with one attached hydrogen (secondary N) is 1. The number of hydrogen-bond donors (Lipinski definition) is 1. The quantitative estimate of drug-likeness (QED) is 0.432. The molecule has 25 heavy (non-hydrogen) atoms. The molecule has 126 valence electrons. The molecular weight excluding hydrogens is 338 g/mol. The molecule has 3 rings (SSSR count). The first-order valence-corrected chi connectivity index (χ1v) is 8.03. The van der Waals surface area contributed by atoms with E-state index in [9.17, 15) is 4.79 Å². The first kappa shape index (κ1) is 17.1. The number of fused-ring (bicyclic) bond motifs is 1. The Morgan fingerprint density at radius 1 is 1.20 bits per heavy atom. The number of aromatic nitrogens is 1. The Bertz CT molecular complexity index is 913. The van der Waals surface area contributed by atoms with Gasteiger partial charge in [-0.1, -0.05) is 60.1 Å². The molecule has 0 bridgehead atoms. The van der Waals surface area contributed by atoms with Crippen LogP contribution in [0.1, 0.15) is 17.2 Å². The van der Waals surface area contributed by atoms with Crippen molar-refractivity contribution < 1.29 is 9.53 Å². The molecule has 5 nitrogen and oxygen atoms in total. The number of carbonyl (C=O) groups is 1. The summed E-state index contributed by atoms with van der Waals surface area (Å²) >= 11 is 6.16. The molecule has 1 heterocycles. The number of rotatable bonds is 5. The molecule has 0 spiro atoms. The Hall–Kier alpha value is -2.76. The van der Waals surface area contributed by atoms with E-state index in [1.54, 1.807) is 0 Å². The van der Waals surface area contributed by atoms with Crippen molar-refractivity contribution in [1.82, 2.24) is 10.4 Å². The van der Waals surface area contributed by atoms with Gasteiger partial charge < -0.3 is 4.74 Å². The van der Waals surface area contributed by atoms with Gasteiger partial charge in [-0.25, -0.2) is 10.4 Å². The van der Waals surface area contributed by atoms with E-state index in [-0.39, 0.29) is 5.91 Å². The molecule has 1 atom stereocenters. The second-order valence-electron chi connectivity index (χ2n) is 5.32. The van der Waals surface area contributed by atoms with Crippen LogP contribution < -0.4 is 5.43 Å². The maximum atomic E-state index is 12.3. The number of methoxy groups -OCH3 is 1. The molecule has 0 radical (unpaired) electrons. The van der Waals surface area contributed by atoms with Crippen LogP contribution in [0.2, 0.25) is 5.15 Å². The van der Waals surface area contributed by atoms with Crippen LogP contribution in [0.3, 0.4) is 0 Å². The summed E-state index contributed by atoms with van der Waals surface area (Å²) in [5.41, 5.74) is 4.65. The highest BCUT2D eigenvalue weighted by Crippen LogP contribution is 2.19. The van der Waals surface area contributed by atoms with Crippen molar-refractivity contribution in [2.45, 2.75) is 6.10 Å². The lowest BCUT2D eigenvalue weighted by Gasteiger charge is -2.13. The Kier molecular flexibility index (Phi) is 5.38. The molecule has 0 unspecified atom stereocenters. The predicted octanol–water partition coefficient (Wildman–Crippen LogP) is 3.73. The highest BCUT2D eigenvalue weighted by Gasteiger charge is 2.19. The second kappa shape index (κ2) is 7.88. The number of halogens is 1. The normalized spacial score (nSPS) is 12.4. The third-order valence-corrected chi connectivity index (χ3v) is 3.96. The molecule has 1 N–H and O–H groups in total. The van der Waals surface area contributed by atoms with E-state index in [0.29, 0.717) is 10.7 Å². The smallest absolute Gasteiger partial charge is 0.273 e. The molecule has 1 aromatic heterocycles. The van der Waals surface area contributed by atoms with Crippen LogP contribution in [0.15, 0.2) is 65.8 Å². The molecule has 0 saturated heterocycles. The molecule has 3 aromatic rings. The molecule has 0 aliphatic rings. The molecular formula is C19H16ClN3O2. The van der Waals surface area contributed by atoms with Gasteiger partial charge in [0.2, 0.25) is 0 Å². The van der Waals surface area contributed by atoms with Crippen molar-refractivity contribution in [2.24, 2.45) is 5.10 Å². The fraction of sp³-hybridized carbons (Fsp3) is 0.105. The maximum Gasteiger partial charge on any atom is 0.273 e. The van der Waals surface area contributed by atoms with Crippen LogP contribution in [-0.4, -0.2) is 24.2 Å². The van der Waals surface area contributed by atoms with Crippen LogP contribution in [0.4, 0.5) is 0 Å². The zero-order valence-electron chi connectivity index (χ0n) is 13.5. The van der Waals surface area contributed by atoms with Crippen molar-refractivity contribution >= 4 is 34.6 Å². The summed E-state index contributed by atoms with van der Waals surface area (Å²) in [6, 6.07) is 18.7. The van der Waals surface area contributed by atoms with Crippen LogP contribution in [0.5, 0.6) is 0 Å². The van der Waals surface area contributed by atoms with Gasteiger partial charge in [0.1, 0.15) is 5.15 Å². The zero-order valence-corrected chi connectivity index (χ0v) is 14.3. The minimum Gasteiger partial charge on any atom is -0.367 e. The highest BCUT2D eigenvalue weighted by molar-refractivity contribution is 6.32. The Labute approximate surface area is 150 Å². The van der Waals surface area contributed by atoms with Gasteiger partial charge in [0.15, 0.2) is 6.10 Å². The van der Waals surface area contributed by atoms with Crippen molar-refractivity contribution in [1.29, 1.82) is 0 Å². The van der Waals surface area contributed by atoms with Gasteiger partial charge in [-0.2, -0.15) is 5.10 Å². The lowest BCUT2D eigenvalue weighted by molar-refractivity contribution is -0.131. The predicted molar refractivity (Wildman–Crippen MR) is 98.7 cm³/mol. The minimum atomic E-state index is -0.733. The number of pyridine rings is 1. The summed E-state index contributed by atoms with van der Waals surface area (Å²) in [5, 5.41) is 5.24. The number of benzene rings is 2. The van der Waals surface area contributed by atoms with E-state index in [2.05, 4.69) is 15.5 Å². The molecule has 0 fully saturated rings. The molecule has 0 aliphatic carbocycles. The number of nitrogens with zero attached hydrogens (tertiary/aromatic N) is 2. The number of hydrogen-bond acceptors (Lipinski definition) is 4. The van der Waals surface area contributed by atoms with E-state index in [0.717, 1.165) is 16.5 Å². The van der Waals surface area contributed by atoms with Gasteiger partial charge in [-0.05, 0) is 17.7 Å². The second-order valence-corrected chi connectivity index (χ2v) is 5.68. The summed E-state index contributed by atoms with van der Waals surface area (Å²) in [6.07, 6.45) is 0.737. The Balaban J connectivity index is 1.74. The molecule has 0 saturated carbocycles. The van der Waals surface area contributed by atoms with Crippen molar-refractivity contribution in [3.63, 3.8) is 0 Å². The monoisotopic (exact) mass is 353 g/mol. The van der Waals surface area contributed by atoms with Gasteiger partial charge in [0.25, 0.3) is 5.91 Å².